The molecule has 2 saturated heterocycles. The van der Waals surface area contributed by atoms with Crippen LogP contribution in [0.1, 0.15) is 46.4 Å². The zero-order valence-corrected chi connectivity index (χ0v) is 22.5. The van der Waals surface area contributed by atoms with Crippen LogP contribution in [0, 0.1) is 11.6 Å². The van der Waals surface area contributed by atoms with E-state index < -0.39 is 17.2 Å². The lowest BCUT2D eigenvalue weighted by Gasteiger charge is -2.45. The third kappa shape index (κ3) is 5.41. The van der Waals surface area contributed by atoms with E-state index in [4.69, 9.17) is 16.3 Å². The maximum absolute atomic E-state index is 14.6. The zero-order valence-electron chi connectivity index (χ0n) is 21.8. The van der Waals surface area contributed by atoms with E-state index in [1.54, 1.807) is 60.3 Å². The van der Waals surface area contributed by atoms with Crippen molar-refractivity contribution in [3.63, 3.8) is 0 Å². The van der Waals surface area contributed by atoms with E-state index in [-0.39, 0.29) is 23.1 Å². The third-order valence-corrected chi connectivity index (χ3v) is 7.78. The monoisotopic (exact) mass is 554 g/mol. The molecule has 3 heterocycles. The zero-order chi connectivity index (χ0) is 27.7. The predicted molar refractivity (Wildman–Crippen MR) is 145 cm³/mol. The van der Waals surface area contributed by atoms with E-state index in [1.807, 2.05) is 0 Å². The van der Waals surface area contributed by atoms with Gasteiger partial charge in [0, 0.05) is 62.7 Å². The number of carbonyl (C=O) groups is 2. The topological polar surface area (TPSA) is 66.0 Å². The van der Waals surface area contributed by atoms with E-state index in [9.17, 15) is 18.4 Å². The van der Waals surface area contributed by atoms with Gasteiger partial charge in [-0.1, -0.05) is 11.6 Å². The Balaban J connectivity index is 1.24. The van der Waals surface area contributed by atoms with Gasteiger partial charge in [0.15, 0.2) is 0 Å². The number of rotatable bonds is 5. The van der Waals surface area contributed by atoms with Crippen molar-refractivity contribution in [2.75, 3.05) is 38.6 Å². The first-order valence-electron chi connectivity index (χ1n) is 12.8. The number of hydrogen-bond acceptors (Lipinski definition) is 5. The van der Waals surface area contributed by atoms with Gasteiger partial charge >= 0.3 is 0 Å². The summed E-state index contributed by atoms with van der Waals surface area (Å²) in [5.74, 6) is -1.06. The van der Waals surface area contributed by atoms with Crippen molar-refractivity contribution < 1.29 is 23.1 Å². The molecular formula is C29H29ClF2N4O3. The Hall–Kier alpha value is -3.72. The molecule has 2 amide bonds. The number of carbonyl (C=O) groups excluding carboxylic acids is 2. The number of halogens is 3. The highest BCUT2D eigenvalue weighted by Crippen LogP contribution is 2.40. The Morgan fingerprint density at radius 1 is 0.923 bits per heavy atom. The van der Waals surface area contributed by atoms with E-state index in [0.717, 1.165) is 25.0 Å². The molecule has 0 unspecified atom stereocenters. The van der Waals surface area contributed by atoms with Crippen LogP contribution in [0.25, 0.3) is 0 Å². The lowest BCUT2D eigenvalue weighted by atomic mass is 9.84. The Morgan fingerprint density at radius 3 is 2.18 bits per heavy atom. The first-order chi connectivity index (χ1) is 18.7. The summed E-state index contributed by atoms with van der Waals surface area (Å²) in [5.41, 5.74) is -0.0551. The van der Waals surface area contributed by atoms with Crippen LogP contribution in [0.3, 0.4) is 0 Å². The predicted octanol–water partition coefficient (Wildman–Crippen LogP) is 5.78. The van der Waals surface area contributed by atoms with Gasteiger partial charge in [-0.3, -0.25) is 9.59 Å². The third-order valence-electron chi connectivity index (χ3n) is 7.56. The Labute approximate surface area is 230 Å². The van der Waals surface area contributed by atoms with Crippen LogP contribution in [-0.4, -0.2) is 65.9 Å². The van der Waals surface area contributed by atoms with Gasteiger partial charge < -0.3 is 19.4 Å². The van der Waals surface area contributed by atoms with E-state index in [1.165, 1.54) is 11.1 Å². The van der Waals surface area contributed by atoms with Crippen LogP contribution in [0.4, 0.5) is 14.5 Å². The first-order valence-corrected chi connectivity index (χ1v) is 13.2. The van der Waals surface area contributed by atoms with Gasteiger partial charge in [-0.15, -0.1) is 0 Å². The Kier molecular flexibility index (Phi) is 7.44. The maximum atomic E-state index is 14.6. The van der Waals surface area contributed by atoms with Crippen molar-refractivity contribution in [2.45, 2.75) is 31.2 Å². The summed E-state index contributed by atoms with van der Waals surface area (Å²) >= 11 is 5.85. The highest BCUT2D eigenvalue weighted by atomic mass is 35.5. The molecular weight excluding hydrogens is 526 g/mol. The molecule has 2 fully saturated rings. The minimum absolute atomic E-state index is 0.00601. The number of amides is 2. The van der Waals surface area contributed by atoms with E-state index in [0.29, 0.717) is 54.7 Å². The minimum Gasteiger partial charge on any atom is -0.439 e. The molecule has 10 heteroatoms. The van der Waals surface area contributed by atoms with Crippen molar-refractivity contribution in [2.24, 2.45) is 0 Å². The van der Waals surface area contributed by atoms with E-state index >= 15 is 0 Å². The molecule has 39 heavy (non-hydrogen) atoms. The van der Waals surface area contributed by atoms with Crippen molar-refractivity contribution >= 4 is 29.1 Å². The Morgan fingerprint density at radius 2 is 1.59 bits per heavy atom. The Bertz CT molecular complexity index is 1350. The van der Waals surface area contributed by atoms with Gasteiger partial charge in [0.05, 0.1) is 5.02 Å². The minimum atomic E-state index is -0.766. The summed E-state index contributed by atoms with van der Waals surface area (Å²) in [7, 11) is 3.10. The second kappa shape index (κ2) is 10.8. The van der Waals surface area contributed by atoms with Crippen molar-refractivity contribution in [3.8, 4) is 11.6 Å². The first kappa shape index (κ1) is 26.9. The van der Waals surface area contributed by atoms with E-state index in [2.05, 4.69) is 4.98 Å². The molecule has 2 aliphatic heterocycles. The van der Waals surface area contributed by atoms with Crippen molar-refractivity contribution in [1.82, 2.24) is 14.8 Å². The summed E-state index contributed by atoms with van der Waals surface area (Å²) in [6.45, 7) is 1.49. The second-order valence-corrected chi connectivity index (χ2v) is 10.6. The lowest BCUT2D eigenvalue weighted by molar-refractivity contribution is 0.0342. The molecule has 7 nitrogen and oxygen atoms in total. The van der Waals surface area contributed by atoms with Crippen molar-refractivity contribution in [3.05, 3.63) is 82.5 Å². The van der Waals surface area contributed by atoms with Gasteiger partial charge in [-0.2, -0.15) is 0 Å². The van der Waals surface area contributed by atoms with Crippen LogP contribution in [0.5, 0.6) is 11.6 Å². The number of piperidine rings is 1. The smallest absolute Gasteiger partial charge is 0.254 e. The number of aromatic nitrogens is 1. The molecule has 2 aliphatic rings. The second-order valence-electron chi connectivity index (χ2n) is 10.2. The standard InChI is InChI=1S/C29H29ClF2N4O3/c1-34(2)26-23(31)16-20(17-24(26)32)28(38)36-13-3-10-29(36)11-14-35(15-12-29)27(37)19-4-7-22(8-5-19)39-25-9-6-21(30)18-33-25/h4-9,16-18H,3,10-15H2,1-2H3. The average Bonchev–Trinajstić information content (AvgIpc) is 3.32. The lowest BCUT2D eigenvalue weighted by Crippen LogP contribution is -2.55. The van der Waals surface area contributed by atoms with Gasteiger partial charge in [0.1, 0.15) is 23.1 Å². The average molecular weight is 555 g/mol. The van der Waals surface area contributed by atoms with Crippen LogP contribution in [-0.2, 0) is 0 Å². The van der Waals surface area contributed by atoms with Crippen LogP contribution in [0.2, 0.25) is 5.02 Å². The molecule has 5 rings (SSSR count). The molecule has 204 valence electrons. The number of likely N-dealkylation sites (tertiary alicyclic amines) is 2. The molecule has 0 atom stereocenters. The number of pyridine rings is 1. The quantitative estimate of drug-likeness (QED) is 0.400. The molecule has 2 aromatic carbocycles. The van der Waals surface area contributed by atoms with Gasteiger partial charge in [-0.25, -0.2) is 13.8 Å². The normalized spacial score (nSPS) is 16.4. The van der Waals surface area contributed by atoms with Crippen LogP contribution < -0.4 is 9.64 Å². The van der Waals surface area contributed by atoms with Gasteiger partial charge in [-0.05, 0) is 68.1 Å². The van der Waals surface area contributed by atoms with Crippen LogP contribution >= 0.6 is 11.6 Å². The molecule has 0 N–H and O–H groups in total. The fourth-order valence-corrected chi connectivity index (χ4v) is 5.68. The summed E-state index contributed by atoms with van der Waals surface area (Å²) in [6, 6.07) is 12.4. The fraction of sp³-hybridized carbons (Fsp3) is 0.345. The number of ether oxygens (including phenoxy) is 1. The highest BCUT2D eigenvalue weighted by molar-refractivity contribution is 6.30. The molecule has 1 aromatic heterocycles. The number of anilines is 1. The number of hydrogen-bond donors (Lipinski definition) is 0. The van der Waals surface area contributed by atoms with Gasteiger partial charge in [0.25, 0.3) is 11.8 Å². The fourth-order valence-electron chi connectivity index (χ4n) is 5.56. The molecule has 0 saturated carbocycles. The maximum Gasteiger partial charge on any atom is 0.254 e. The van der Waals surface area contributed by atoms with Crippen LogP contribution in [0.15, 0.2) is 54.7 Å². The molecule has 1 spiro atoms. The number of nitrogens with zero attached hydrogens (tertiary/aromatic N) is 4. The molecule has 0 radical (unpaired) electrons. The molecule has 0 bridgehead atoms. The number of benzene rings is 2. The SMILES string of the molecule is CN(C)c1c(F)cc(C(=O)N2CCCC23CCN(C(=O)c2ccc(Oc4ccc(Cl)cn4)cc2)CC3)cc1F. The molecule has 0 aliphatic carbocycles. The highest BCUT2D eigenvalue weighted by Gasteiger charge is 2.46. The summed E-state index contributed by atoms with van der Waals surface area (Å²) < 4.78 is 34.9. The van der Waals surface area contributed by atoms with Gasteiger partial charge in [0.2, 0.25) is 5.88 Å². The van der Waals surface area contributed by atoms with Crippen molar-refractivity contribution in [1.29, 1.82) is 0 Å². The summed E-state index contributed by atoms with van der Waals surface area (Å²) in [5, 5.41) is 0.512. The molecule has 3 aromatic rings. The largest absolute Gasteiger partial charge is 0.439 e. The summed E-state index contributed by atoms with van der Waals surface area (Å²) in [6.07, 6.45) is 4.31. The summed E-state index contributed by atoms with van der Waals surface area (Å²) in [4.78, 5) is 35.6.